The number of nitrogens with two attached hydrogens (primary N) is 1. The molecule has 0 aliphatic carbocycles. The van der Waals surface area contributed by atoms with Gasteiger partial charge in [0.25, 0.3) is 0 Å². The molecule has 1 aromatic rings. The number of alkyl halides is 3. The Labute approximate surface area is 106 Å². The van der Waals surface area contributed by atoms with Crippen molar-refractivity contribution in [2.45, 2.75) is 11.1 Å². The topological polar surface area (TPSA) is 109 Å². The quantitative estimate of drug-likeness (QED) is 0.768. The van der Waals surface area contributed by atoms with Gasteiger partial charge in [-0.25, -0.2) is 18.4 Å². The van der Waals surface area contributed by atoms with Crippen LogP contribution in [-0.2, 0) is 10.0 Å². The Morgan fingerprint density at radius 2 is 1.95 bits per heavy atom. The van der Waals surface area contributed by atoms with E-state index in [1.54, 1.807) is 0 Å². The first kappa shape index (κ1) is 15.2. The molecule has 1 aromatic carbocycles. The molecule has 0 unspecified atom stereocenters. The Bertz CT molecular complexity index is 598. The van der Waals surface area contributed by atoms with E-state index in [0.717, 1.165) is 12.1 Å². The first-order chi connectivity index (χ1) is 8.50. The summed E-state index contributed by atoms with van der Waals surface area (Å²) in [4.78, 5) is 10.4. The smallest absolute Gasteiger partial charge is 0.405 e. The normalized spacial score (nSPS) is 12.2. The van der Waals surface area contributed by atoms with Gasteiger partial charge in [0.15, 0.2) is 0 Å². The number of carbonyl (C=O) groups is 1. The zero-order valence-electron chi connectivity index (χ0n) is 9.23. The molecule has 19 heavy (non-hydrogen) atoms. The molecule has 0 aliphatic heterocycles. The van der Waals surface area contributed by atoms with Crippen molar-refractivity contribution in [2.24, 2.45) is 5.14 Å². The van der Waals surface area contributed by atoms with Gasteiger partial charge >= 0.3 is 12.1 Å². The van der Waals surface area contributed by atoms with Crippen LogP contribution in [0.3, 0.4) is 0 Å². The number of carboxylic acids is 1. The number of benzene rings is 1. The predicted octanol–water partition coefficient (Wildman–Crippen LogP) is 1.01. The Morgan fingerprint density at radius 1 is 1.37 bits per heavy atom. The highest BCUT2D eigenvalue weighted by atomic mass is 32.2. The lowest BCUT2D eigenvalue weighted by Crippen LogP contribution is -2.22. The summed E-state index contributed by atoms with van der Waals surface area (Å²) >= 11 is 0. The molecule has 0 saturated heterocycles. The number of hydrogen-bond acceptors (Lipinski definition) is 4. The fourth-order valence-electron chi connectivity index (χ4n) is 1.23. The molecule has 4 N–H and O–H groups in total. The summed E-state index contributed by atoms with van der Waals surface area (Å²) < 4.78 is 58.1. The Kier molecular flexibility index (Phi) is 4.06. The summed E-state index contributed by atoms with van der Waals surface area (Å²) in [6, 6.07) is 2.52. The first-order valence-corrected chi connectivity index (χ1v) is 6.26. The Morgan fingerprint density at radius 3 is 2.37 bits per heavy atom. The summed E-state index contributed by atoms with van der Waals surface area (Å²) in [5.74, 6) is -1.57. The van der Waals surface area contributed by atoms with Crippen molar-refractivity contribution in [3.63, 3.8) is 0 Å². The van der Waals surface area contributed by atoms with E-state index in [4.69, 9.17) is 10.2 Å². The van der Waals surface area contributed by atoms with E-state index in [9.17, 15) is 26.4 Å². The van der Waals surface area contributed by atoms with Gasteiger partial charge in [0.05, 0.1) is 10.5 Å². The molecule has 0 heterocycles. The first-order valence-electron chi connectivity index (χ1n) is 4.71. The van der Waals surface area contributed by atoms with Gasteiger partial charge in [-0.3, -0.25) is 0 Å². The average molecular weight is 298 g/mol. The minimum atomic E-state index is -4.53. The predicted molar refractivity (Wildman–Crippen MR) is 59.3 cm³/mol. The average Bonchev–Trinajstić information content (AvgIpc) is 2.23. The SMILES string of the molecule is NS(=O)(=O)c1ccc(NCC(F)(F)F)c(C(=O)O)c1. The summed E-state index contributed by atoms with van der Waals surface area (Å²) in [6.07, 6.45) is -4.53. The molecule has 0 saturated carbocycles. The number of aromatic carboxylic acids is 1. The van der Waals surface area contributed by atoms with E-state index in [-0.39, 0.29) is 5.69 Å². The van der Waals surface area contributed by atoms with Crippen molar-refractivity contribution in [3.8, 4) is 0 Å². The second-order valence-corrected chi connectivity index (χ2v) is 5.09. The van der Waals surface area contributed by atoms with E-state index < -0.39 is 39.2 Å². The van der Waals surface area contributed by atoms with Crippen LogP contribution in [0.25, 0.3) is 0 Å². The van der Waals surface area contributed by atoms with Crippen molar-refractivity contribution in [3.05, 3.63) is 23.8 Å². The van der Waals surface area contributed by atoms with Gasteiger partial charge in [0, 0.05) is 5.69 Å². The monoisotopic (exact) mass is 298 g/mol. The summed E-state index contributed by atoms with van der Waals surface area (Å²) in [6.45, 7) is -1.44. The number of anilines is 1. The fraction of sp³-hybridized carbons (Fsp3) is 0.222. The van der Waals surface area contributed by atoms with Crippen molar-refractivity contribution >= 4 is 21.7 Å². The molecule has 0 aromatic heterocycles. The van der Waals surface area contributed by atoms with E-state index in [2.05, 4.69) is 0 Å². The van der Waals surface area contributed by atoms with Gasteiger partial charge in [-0.05, 0) is 18.2 Å². The second kappa shape index (κ2) is 5.05. The molecule has 106 valence electrons. The van der Waals surface area contributed by atoms with E-state index in [1.807, 2.05) is 5.32 Å². The number of nitrogens with one attached hydrogen (secondary N) is 1. The molecule has 10 heteroatoms. The van der Waals surface area contributed by atoms with Crippen molar-refractivity contribution in [2.75, 3.05) is 11.9 Å². The van der Waals surface area contributed by atoms with Crippen LogP contribution in [-0.4, -0.2) is 32.2 Å². The molecule has 0 aliphatic rings. The van der Waals surface area contributed by atoms with Crippen molar-refractivity contribution < 1.29 is 31.5 Å². The van der Waals surface area contributed by atoms with Crippen LogP contribution in [0.15, 0.2) is 23.1 Å². The van der Waals surface area contributed by atoms with Gasteiger partial charge in [0.2, 0.25) is 10.0 Å². The molecular weight excluding hydrogens is 289 g/mol. The minimum absolute atomic E-state index is 0.350. The lowest BCUT2D eigenvalue weighted by molar-refractivity contribution is -0.115. The molecule has 0 radical (unpaired) electrons. The van der Waals surface area contributed by atoms with Gasteiger partial charge in [-0.2, -0.15) is 13.2 Å². The highest BCUT2D eigenvalue weighted by Gasteiger charge is 2.27. The molecule has 0 spiro atoms. The van der Waals surface area contributed by atoms with Crippen LogP contribution >= 0.6 is 0 Å². The molecule has 1 rings (SSSR count). The van der Waals surface area contributed by atoms with Crippen LogP contribution < -0.4 is 10.5 Å². The number of hydrogen-bond donors (Lipinski definition) is 3. The van der Waals surface area contributed by atoms with Crippen LogP contribution in [0, 0.1) is 0 Å². The maximum atomic E-state index is 12.0. The molecule has 6 nitrogen and oxygen atoms in total. The number of carboxylic acid groups (broad SMARTS) is 1. The van der Waals surface area contributed by atoms with Crippen LogP contribution in [0.1, 0.15) is 10.4 Å². The Hall–Kier alpha value is -1.81. The zero-order chi connectivity index (χ0) is 14.8. The van der Waals surface area contributed by atoms with Gasteiger partial charge in [0.1, 0.15) is 6.54 Å². The number of sulfonamides is 1. The third-order valence-corrected chi connectivity index (χ3v) is 2.94. The van der Waals surface area contributed by atoms with Crippen LogP contribution in [0.2, 0.25) is 0 Å². The highest BCUT2D eigenvalue weighted by Crippen LogP contribution is 2.22. The number of primary sulfonamides is 1. The Balaban J connectivity index is 3.16. The summed E-state index contributed by atoms with van der Waals surface area (Å²) in [7, 11) is -4.13. The second-order valence-electron chi connectivity index (χ2n) is 3.53. The number of halogens is 3. The van der Waals surface area contributed by atoms with Gasteiger partial charge < -0.3 is 10.4 Å². The third-order valence-electron chi connectivity index (χ3n) is 2.03. The number of rotatable bonds is 4. The van der Waals surface area contributed by atoms with E-state index in [1.165, 1.54) is 0 Å². The maximum absolute atomic E-state index is 12.0. The standard InChI is InChI=1S/C9H9F3N2O4S/c10-9(11,12)4-14-7-2-1-5(19(13,17)18)3-6(7)8(15)16/h1-3,14H,4H2,(H,15,16)(H2,13,17,18). The maximum Gasteiger partial charge on any atom is 0.405 e. The van der Waals surface area contributed by atoms with Gasteiger partial charge in [-0.1, -0.05) is 0 Å². The van der Waals surface area contributed by atoms with E-state index >= 15 is 0 Å². The van der Waals surface area contributed by atoms with Crippen LogP contribution in [0.5, 0.6) is 0 Å². The largest absolute Gasteiger partial charge is 0.478 e. The summed E-state index contributed by atoms with van der Waals surface area (Å²) in [5, 5.41) is 15.5. The minimum Gasteiger partial charge on any atom is -0.478 e. The molecule has 0 fully saturated rings. The zero-order valence-corrected chi connectivity index (χ0v) is 10.0. The lowest BCUT2D eigenvalue weighted by Gasteiger charge is -2.12. The molecule has 0 amide bonds. The van der Waals surface area contributed by atoms with Gasteiger partial charge in [-0.15, -0.1) is 0 Å². The fourth-order valence-corrected chi connectivity index (χ4v) is 1.77. The van der Waals surface area contributed by atoms with Crippen molar-refractivity contribution in [1.82, 2.24) is 0 Å². The van der Waals surface area contributed by atoms with Crippen molar-refractivity contribution in [1.29, 1.82) is 0 Å². The molecule has 0 atom stereocenters. The third kappa shape index (κ3) is 4.41. The van der Waals surface area contributed by atoms with Crippen LogP contribution in [0.4, 0.5) is 18.9 Å². The summed E-state index contributed by atoms with van der Waals surface area (Å²) in [5.41, 5.74) is -0.965. The molecule has 0 bridgehead atoms. The molecular formula is C9H9F3N2O4S. The highest BCUT2D eigenvalue weighted by molar-refractivity contribution is 7.89. The van der Waals surface area contributed by atoms with E-state index in [0.29, 0.717) is 6.07 Å². The lowest BCUT2D eigenvalue weighted by atomic mass is 10.2.